The number of carbonyl (C=O) groups excluding carboxylic acids is 1. The van der Waals surface area contributed by atoms with E-state index in [9.17, 15) is 9.00 Å². The molecule has 138 valence electrons. The number of thiazole rings is 1. The quantitative estimate of drug-likeness (QED) is 0.724. The smallest absolute Gasteiger partial charge is 0.275 e. The van der Waals surface area contributed by atoms with Gasteiger partial charge in [-0.3, -0.25) is 9.00 Å². The van der Waals surface area contributed by atoms with Crippen molar-refractivity contribution in [3.05, 3.63) is 53.5 Å². The van der Waals surface area contributed by atoms with Crippen LogP contribution >= 0.6 is 11.3 Å². The van der Waals surface area contributed by atoms with Gasteiger partial charge in [-0.2, -0.15) is 0 Å². The van der Waals surface area contributed by atoms with Gasteiger partial charge in [0.05, 0.1) is 0 Å². The highest BCUT2D eigenvalue weighted by atomic mass is 32.2. The fourth-order valence-electron chi connectivity index (χ4n) is 2.63. The number of aromatic nitrogens is 1. The van der Waals surface area contributed by atoms with Crippen LogP contribution in [-0.4, -0.2) is 34.6 Å². The van der Waals surface area contributed by atoms with Crippen LogP contribution in [-0.2, 0) is 10.8 Å². The Labute approximate surface area is 162 Å². The summed E-state index contributed by atoms with van der Waals surface area (Å²) in [6.45, 7) is 1.06. The van der Waals surface area contributed by atoms with E-state index >= 15 is 0 Å². The molecule has 6 nitrogen and oxygen atoms in total. The Morgan fingerprint density at radius 3 is 2.78 bits per heavy atom. The highest BCUT2D eigenvalue weighted by molar-refractivity contribution is 7.84. The van der Waals surface area contributed by atoms with E-state index in [-0.39, 0.29) is 5.91 Å². The normalized spacial score (nSPS) is 13.8. The maximum Gasteiger partial charge on any atom is 0.275 e. The summed E-state index contributed by atoms with van der Waals surface area (Å²) in [4.78, 5) is 17.6. The largest absolute Gasteiger partial charge is 0.486 e. The SMILES string of the molecule is CS(=O)c1cccc(NC(=O)c2csc(-c3ccc4c(c3)OCCO4)n2)c1. The van der Waals surface area contributed by atoms with E-state index in [1.807, 2.05) is 18.2 Å². The number of anilines is 1. The molecule has 1 aliphatic rings. The molecule has 0 spiro atoms. The monoisotopic (exact) mass is 400 g/mol. The second kappa shape index (κ2) is 7.50. The zero-order valence-electron chi connectivity index (χ0n) is 14.4. The van der Waals surface area contributed by atoms with Crippen molar-refractivity contribution in [2.75, 3.05) is 24.8 Å². The van der Waals surface area contributed by atoms with E-state index in [1.165, 1.54) is 11.3 Å². The summed E-state index contributed by atoms with van der Waals surface area (Å²) in [5, 5.41) is 5.23. The van der Waals surface area contributed by atoms with Crippen molar-refractivity contribution in [1.82, 2.24) is 4.98 Å². The lowest BCUT2D eigenvalue weighted by Crippen LogP contribution is -2.15. The molecule has 0 saturated heterocycles. The summed E-state index contributed by atoms with van der Waals surface area (Å²) in [6, 6.07) is 12.6. The van der Waals surface area contributed by atoms with E-state index in [1.54, 1.807) is 35.9 Å². The van der Waals surface area contributed by atoms with Crippen LogP contribution in [0.15, 0.2) is 52.7 Å². The number of ether oxygens (including phenoxy) is 2. The molecule has 2 aromatic carbocycles. The second-order valence-electron chi connectivity index (χ2n) is 5.83. The second-order valence-corrected chi connectivity index (χ2v) is 8.07. The molecule has 8 heteroatoms. The van der Waals surface area contributed by atoms with Gasteiger partial charge in [-0.1, -0.05) is 6.07 Å². The number of rotatable bonds is 4. The van der Waals surface area contributed by atoms with Gasteiger partial charge in [-0.25, -0.2) is 4.98 Å². The van der Waals surface area contributed by atoms with Gasteiger partial charge >= 0.3 is 0 Å². The van der Waals surface area contributed by atoms with E-state index in [0.29, 0.717) is 41.0 Å². The van der Waals surface area contributed by atoms with Gasteiger partial charge in [0.25, 0.3) is 5.91 Å². The predicted molar refractivity (Wildman–Crippen MR) is 105 cm³/mol. The summed E-state index contributed by atoms with van der Waals surface area (Å²) < 4.78 is 22.7. The Balaban J connectivity index is 1.53. The van der Waals surface area contributed by atoms with Crippen molar-refractivity contribution in [1.29, 1.82) is 0 Å². The third kappa shape index (κ3) is 3.86. The Kier molecular flexibility index (Phi) is 4.91. The molecule has 2 heterocycles. The molecule has 1 amide bonds. The number of benzene rings is 2. The van der Waals surface area contributed by atoms with Crippen LogP contribution in [0.4, 0.5) is 5.69 Å². The minimum atomic E-state index is -1.11. The van der Waals surface area contributed by atoms with Gasteiger partial charge in [-0.15, -0.1) is 11.3 Å². The molecule has 0 radical (unpaired) electrons. The standard InChI is InChI=1S/C19H16N2O4S2/c1-27(23)14-4-2-3-13(10-14)20-18(22)15-11-26-19(21-15)12-5-6-16-17(9-12)25-8-7-24-16/h2-6,9-11H,7-8H2,1H3,(H,20,22). The molecule has 1 aromatic heterocycles. The average molecular weight is 400 g/mol. The number of hydrogen-bond acceptors (Lipinski definition) is 6. The van der Waals surface area contributed by atoms with Crippen molar-refractivity contribution in [3.8, 4) is 22.1 Å². The van der Waals surface area contributed by atoms with E-state index in [2.05, 4.69) is 10.3 Å². The zero-order valence-corrected chi connectivity index (χ0v) is 16.1. The highest BCUT2D eigenvalue weighted by Gasteiger charge is 2.16. The van der Waals surface area contributed by atoms with Crippen LogP contribution in [0.3, 0.4) is 0 Å². The minimum Gasteiger partial charge on any atom is -0.486 e. The molecule has 0 aliphatic carbocycles. The summed E-state index contributed by atoms with van der Waals surface area (Å²) in [5.74, 6) is 1.09. The molecule has 0 saturated carbocycles. The van der Waals surface area contributed by atoms with Crippen LogP contribution in [0.1, 0.15) is 10.5 Å². The highest BCUT2D eigenvalue weighted by Crippen LogP contribution is 2.35. The lowest BCUT2D eigenvalue weighted by Gasteiger charge is -2.18. The molecule has 1 unspecified atom stereocenters. The average Bonchev–Trinajstić information content (AvgIpc) is 3.18. The maximum atomic E-state index is 12.5. The van der Waals surface area contributed by atoms with Crippen LogP contribution in [0.2, 0.25) is 0 Å². The molecular weight excluding hydrogens is 384 g/mol. The predicted octanol–water partition coefficient (Wildman–Crippen LogP) is 3.57. The summed E-state index contributed by atoms with van der Waals surface area (Å²) in [5.41, 5.74) is 1.78. The number of amides is 1. The number of nitrogens with one attached hydrogen (secondary N) is 1. The van der Waals surface area contributed by atoms with Crippen molar-refractivity contribution in [2.24, 2.45) is 0 Å². The van der Waals surface area contributed by atoms with Gasteiger partial charge in [0, 0.05) is 38.6 Å². The van der Waals surface area contributed by atoms with Gasteiger partial charge in [-0.05, 0) is 36.4 Å². The Hall–Kier alpha value is -2.71. The van der Waals surface area contributed by atoms with E-state index in [4.69, 9.17) is 9.47 Å². The van der Waals surface area contributed by atoms with Crippen LogP contribution in [0.5, 0.6) is 11.5 Å². The van der Waals surface area contributed by atoms with Gasteiger partial charge in [0.1, 0.15) is 23.9 Å². The van der Waals surface area contributed by atoms with Gasteiger partial charge in [0.2, 0.25) is 0 Å². The fourth-order valence-corrected chi connectivity index (χ4v) is 4.00. The van der Waals surface area contributed by atoms with E-state index < -0.39 is 10.8 Å². The maximum absolute atomic E-state index is 12.5. The summed E-state index contributed by atoms with van der Waals surface area (Å²) >= 11 is 1.38. The van der Waals surface area contributed by atoms with Gasteiger partial charge < -0.3 is 14.8 Å². The first-order valence-electron chi connectivity index (χ1n) is 8.20. The Morgan fingerprint density at radius 2 is 1.96 bits per heavy atom. The molecule has 0 fully saturated rings. The molecule has 3 aromatic rings. The molecule has 27 heavy (non-hydrogen) atoms. The lowest BCUT2D eigenvalue weighted by atomic mass is 10.2. The topological polar surface area (TPSA) is 77.5 Å². The zero-order chi connectivity index (χ0) is 18.8. The Morgan fingerprint density at radius 1 is 1.15 bits per heavy atom. The first-order chi connectivity index (χ1) is 13.1. The number of fused-ring (bicyclic) bond motifs is 1. The van der Waals surface area contributed by atoms with Crippen LogP contribution in [0.25, 0.3) is 10.6 Å². The molecule has 1 atom stereocenters. The molecule has 0 bridgehead atoms. The lowest BCUT2D eigenvalue weighted by molar-refractivity contribution is 0.102. The van der Waals surface area contributed by atoms with Crippen LogP contribution < -0.4 is 14.8 Å². The Bertz CT molecular complexity index is 1030. The molecule has 1 aliphatic heterocycles. The number of carbonyl (C=O) groups is 1. The van der Waals surface area contributed by atoms with Crippen molar-refractivity contribution >= 4 is 33.7 Å². The minimum absolute atomic E-state index is 0.311. The van der Waals surface area contributed by atoms with E-state index in [0.717, 1.165) is 10.6 Å². The number of nitrogens with zero attached hydrogens (tertiary/aromatic N) is 1. The summed E-state index contributed by atoms with van der Waals surface area (Å²) in [7, 11) is -1.11. The fraction of sp³-hybridized carbons (Fsp3) is 0.158. The first kappa shape index (κ1) is 17.7. The van der Waals surface area contributed by atoms with Crippen molar-refractivity contribution in [3.63, 3.8) is 0 Å². The van der Waals surface area contributed by atoms with Gasteiger partial charge in [0.15, 0.2) is 11.5 Å². The van der Waals surface area contributed by atoms with Crippen molar-refractivity contribution in [2.45, 2.75) is 4.90 Å². The number of hydrogen-bond donors (Lipinski definition) is 1. The first-order valence-corrected chi connectivity index (χ1v) is 10.6. The molecule has 4 rings (SSSR count). The molecule has 1 N–H and O–H groups in total. The third-order valence-electron chi connectivity index (χ3n) is 3.95. The van der Waals surface area contributed by atoms with Crippen molar-refractivity contribution < 1.29 is 18.5 Å². The van der Waals surface area contributed by atoms with Crippen LogP contribution in [0, 0.1) is 0 Å². The summed E-state index contributed by atoms with van der Waals surface area (Å²) in [6.07, 6.45) is 1.60. The third-order valence-corrected chi connectivity index (χ3v) is 5.76. The molecular formula is C19H16N2O4S2.